The van der Waals surface area contributed by atoms with Crippen LogP contribution in [0.5, 0.6) is 0 Å². The van der Waals surface area contributed by atoms with Gasteiger partial charge in [-0.2, -0.15) is 4.98 Å². The highest BCUT2D eigenvalue weighted by atomic mass is 32.1. The minimum Gasteiger partial charge on any atom is -0.368 e. The molecular weight excluding hydrogens is 288 g/mol. The second kappa shape index (κ2) is 6.21. The van der Waals surface area contributed by atoms with E-state index in [1.807, 2.05) is 6.92 Å². The van der Waals surface area contributed by atoms with Gasteiger partial charge in [0, 0.05) is 30.1 Å². The fourth-order valence-electron chi connectivity index (χ4n) is 2.27. The zero-order valence-electron chi connectivity index (χ0n) is 12.6. The first-order valence-corrected chi connectivity index (χ1v) is 8.08. The monoisotopic (exact) mass is 308 g/mol. The summed E-state index contributed by atoms with van der Waals surface area (Å²) < 4.78 is 11.1. The normalized spacial score (nSPS) is 20.3. The summed E-state index contributed by atoms with van der Waals surface area (Å²) in [6, 6.07) is 0. The van der Waals surface area contributed by atoms with Gasteiger partial charge in [0.2, 0.25) is 5.89 Å². The van der Waals surface area contributed by atoms with Crippen LogP contribution >= 0.6 is 11.3 Å². The summed E-state index contributed by atoms with van der Waals surface area (Å²) in [4.78, 5) is 11.2. The summed E-state index contributed by atoms with van der Waals surface area (Å²) in [6.07, 6.45) is 0.0462. The van der Waals surface area contributed by atoms with Crippen LogP contribution in [0.2, 0.25) is 0 Å². The third-order valence-corrected chi connectivity index (χ3v) is 4.48. The zero-order chi connectivity index (χ0) is 14.8. The van der Waals surface area contributed by atoms with Gasteiger partial charge in [0.05, 0.1) is 13.2 Å². The van der Waals surface area contributed by atoms with Crippen molar-refractivity contribution < 1.29 is 9.26 Å². The average molecular weight is 308 g/mol. The molecule has 0 spiro atoms. The Kier molecular flexibility index (Phi) is 4.32. The van der Waals surface area contributed by atoms with E-state index in [1.165, 1.54) is 0 Å². The van der Waals surface area contributed by atoms with Crippen molar-refractivity contribution in [2.24, 2.45) is 0 Å². The third kappa shape index (κ3) is 3.48. The lowest BCUT2D eigenvalue weighted by molar-refractivity contribution is -0.0357. The molecule has 0 bridgehead atoms. The number of thiazole rings is 1. The predicted molar refractivity (Wildman–Crippen MR) is 79.2 cm³/mol. The molecule has 1 fully saturated rings. The van der Waals surface area contributed by atoms with Crippen molar-refractivity contribution in [2.75, 3.05) is 19.7 Å². The first-order chi connectivity index (χ1) is 10.1. The highest BCUT2D eigenvalue weighted by molar-refractivity contribution is 7.09. The van der Waals surface area contributed by atoms with Gasteiger partial charge < -0.3 is 9.26 Å². The molecule has 0 aromatic carbocycles. The number of aromatic nitrogens is 3. The summed E-state index contributed by atoms with van der Waals surface area (Å²) in [5.74, 6) is 1.73. The van der Waals surface area contributed by atoms with E-state index in [-0.39, 0.29) is 6.10 Å². The fourth-order valence-corrected chi connectivity index (χ4v) is 3.11. The lowest BCUT2D eigenvalue weighted by Crippen LogP contribution is -2.37. The van der Waals surface area contributed by atoms with Crippen molar-refractivity contribution in [3.63, 3.8) is 0 Å². The Morgan fingerprint density at radius 1 is 1.43 bits per heavy atom. The molecule has 114 valence electrons. The van der Waals surface area contributed by atoms with Crippen molar-refractivity contribution >= 4 is 11.3 Å². The van der Waals surface area contributed by atoms with Crippen molar-refractivity contribution in [3.8, 4) is 0 Å². The van der Waals surface area contributed by atoms with Crippen LogP contribution in [0.4, 0.5) is 0 Å². The molecule has 7 heteroatoms. The van der Waals surface area contributed by atoms with E-state index in [4.69, 9.17) is 9.26 Å². The highest BCUT2D eigenvalue weighted by Crippen LogP contribution is 2.25. The highest BCUT2D eigenvalue weighted by Gasteiger charge is 2.25. The molecular formula is C14H20N4O2S. The van der Waals surface area contributed by atoms with Crippen LogP contribution in [0.15, 0.2) is 9.90 Å². The SMILES string of the molecule is Cc1csc(C2CN(Cc3nc(C(C)C)no3)CCO2)n1. The van der Waals surface area contributed by atoms with E-state index < -0.39 is 0 Å². The van der Waals surface area contributed by atoms with Crippen LogP contribution < -0.4 is 0 Å². The minimum absolute atomic E-state index is 0.0462. The largest absolute Gasteiger partial charge is 0.368 e. The van der Waals surface area contributed by atoms with E-state index in [2.05, 4.69) is 39.3 Å². The Morgan fingerprint density at radius 3 is 2.95 bits per heavy atom. The first kappa shape index (κ1) is 14.6. The van der Waals surface area contributed by atoms with Crippen molar-refractivity contribution in [2.45, 2.75) is 39.3 Å². The van der Waals surface area contributed by atoms with E-state index in [1.54, 1.807) is 11.3 Å². The molecule has 1 saturated heterocycles. The van der Waals surface area contributed by atoms with Crippen LogP contribution in [-0.2, 0) is 11.3 Å². The maximum Gasteiger partial charge on any atom is 0.240 e. The molecule has 0 N–H and O–H groups in total. The van der Waals surface area contributed by atoms with Gasteiger partial charge in [0.25, 0.3) is 0 Å². The van der Waals surface area contributed by atoms with Crippen LogP contribution in [0.3, 0.4) is 0 Å². The van der Waals surface area contributed by atoms with E-state index in [0.29, 0.717) is 25.0 Å². The molecule has 1 aliphatic rings. The van der Waals surface area contributed by atoms with Crippen LogP contribution in [0.25, 0.3) is 0 Å². The van der Waals surface area contributed by atoms with Crippen molar-refractivity contribution in [3.05, 3.63) is 27.8 Å². The molecule has 6 nitrogen and oxygen atoms in total. The van der Waals surface area contributed by atoms with E-state index >= 15 is 0 Å². The number of morpholine rings is 1. The summed E-state index contributed by atoms with van der Waals surface area (Å²) in [5, 5.41) is 7.11. The second-order valence-electron chi connectivity index (χ2n) is 5.62. The van der Waals surface area contributed by atoms with Crippen molar-refractivity contribution in [1.82, 2.24) is 20.0 Å². The number of ether oxygens (including phenoxy) is 1. The van der Waals surface area contributed by atoms with Gasteiger partial charge in [-0.05, 0) is 6.92 Å². The third-order valence-electron chi connectivity index (χ3n) is 3.42. The van der Waals surface area contributed by atoms with Gasteiger partial charge in [0.1, 0.15) is 11.1 Å². The topological polar surface area (TPSA) is 64.3 Å². The average Bonchev–Trinajstić information content (AvgIpc) is 3.08. The standard InChI is InChI=1S/C14H20N4O2S/c1-9(2)13-16-12(20-17-13)7-18-4-5-19-11(6-18)14-15-10(3)8-21-14/h8-9,11H,4-7H2,1-3H3. The molecule has 0 radical (unpaired) electrons. The maximum absolute atomic E-state index is 5.83. The zero-order valence-corrected chi connectivity index (χ0v) is 13.4. The second-order valence-corrected chi connectivity index (χ2v) is 6.51. The molecule has 2 aromatic rings. The molecule has 3 rings (SSSR count). The number of nitrogens with zero attached hydrogens (tertiary/aromatic N) is 4. The lowest BCUT2D eigenvalue weighted by Gasteiger charge is -2.30. The van der Waals surface area contributed by atoms with Gasteiger partial charge in [-0.3, -0.25) is 4.90 Å². The molecule has 2 aromatic heterocycles. The molecule has 0 amide bonds. The maximum atomic E-state index is 5.83. The predicted octanol–water partition coefficient (Wildman–Crippen LogP) is 2.53. The molecule has 0 aliphatic carbocycles. The molecule has 0 saturated carbocycles. The van der Waals surface area contributed by atoms with Gasteiger partial charge in [-0.25, -0.2) is 4.98 Å². The van der Waals surface area contributed by atoms with Gasteiger partial charge in [-0.15, -0.1) is 11.3 Å². The molecule has 1 unspecified atom stereocenters. The van der Waals surface area contributed by atoms with Crippen LogP contribution in [0, 0.1) is 6.92 Å². The van der Waals surface area contributed by atoms with E-state index in [9.17, 15) is 0 Å². The Hall–Kier alpha value is -1.31. The summed E-state index contributed by atoms with van der Waals surface area (Å²) in [6.45, 7) is 9.19. The molecule has 1 aliphatic heterocycles. The molecule has 1 atom stereocenters. The van der Waals surface area contributed by atoms with E-state index in [0.717, 1.165) is 29.6 Å². The Bertz CT molecular complexity index is 595. The Balaban J connectivity index is 1.63. The first-order valence-electron chi connectivity index (χ1n) is 7.20. The van der Waals surface area contributed by atoms with Crippen LogP contribution in [-0.4, -0.2) is 39.7 Å². The summed E-state index contributed by atoms with van der Waals surface area (Å²) >= 11 is 1.66. The van der Waals surface area contributed by atoms with Gasteiger partial charge in [0.15, 0.2) is 5.82 Å². The van der Waals surface area contributed by atoms with Crippen molar-refractivity contribution in [1.29, 1.82) is 0 Å². The Morgan fingerprint density at radius 2 is 2.29 bits per heavy atom. The molecule has 3 heterocycles. The number of hydrogen-bond donors (Lipinski definition) is 0. The number of hydrogen-bond acceptors (Lipinski definition) is 7. The summed E-state index contributed by atoms with van der Waals surface area (Å²) in [5.41, 5.74) is 1.05. The Labute approximate surface area is 128 Å². The van der Waals surface area contributed by atoms with Gasteiger partial charge >= 0.3 is 0 Å². The summed E-state index contributed by atoms with van der Waals surface area (Å²) in [7, 11) is 0. The lowest BCUT2D eigenvalue weighted by atomic mass is 10.2. The molecule has 21 heavy (non-hydrogen) atoms. The number of rotatable bonds is 4. The quantitative estimate of drug-likeness (QED) is 0.865. The number of aryl methyl sites for hydroxylation is 1. The van der Waals surface area contributed by atoms with Gasteiger partial charge in [-0.1, -0.05) is 19.0 Å². The van der Waals surface area contributed by atoms with Crippen LogP contribution in [0.1, 0.15) is 48.3 Å². The minimum atomic E-state index is 0.0462. The smallest absolute Gasteiger partial charge is 0.240 e. The fraction of sp³-hybridized carbons (Fsp3) is 0.643.